The second-order valence-electron chi connectivity index (χ2n) is 6.40. The van der Waals surface area contributed by atoms with E-state index >= 15 is 0 Å². The van der Waals surface area contributed by atoms with Gasteiger partial charge in [0.05, 0.1) is 5.69 Å². The largest absolute Gasteiger partial charge is 0.355 e. The van der Waals surface area contributed by atoms with Gasteiger partial charge in [0, 0.05) is 44.3 Å². The molecule has 1 aliphatic rings. The van der Waals surface area contributed by atoms with Crippen LogP contribution >= 0.6 is 0 Å². The normalized spacial score (nSPS) is 19.6. The first-order chi connectivity index (χ1) is 9.40. The van der Waals surface area contributed by atoms with Crippen LogP contribution in [0.25, 0.3) is 0 Å². The molecule has 1 aliphatic heterocycles. The quantitative estimate of drug-likeness (QED) is 0.883. The number of aryl methyl sites for hydroxylation is 2. The summed E-state index contributed by atoms with van der Waals surface area (Å²) in [6, 6.07) is 1.15. The monoisotopic (exact) mass is 279 g/mol. The van der Waals surface area contributed by atoms with Gasteiger partial charge in [-0.25, -0.2) is 0 Å². The van der Waals surface area contributed by atoms with Crippen molar-refractivity contribution in [2.75, 3.05) is 32.1 Å². The van der Waals surface area contributed by atoms with Gasteiger partial charge in [-0.3, -0.25) is 4.68 Å². The molecule has 1 N–H and O–H groups in total. The zero-order chi connectivity index (χ0) is 14.9. The Balaban J connectivity index is 2.18. The summed E-state index contributed by atoms with van der Waals surface area (Å²) >= 11 is 0. The van der Waals surface area contributed by atoms with Gasteiger partial charge in [0.1, 0.15) is 5.82 Å². The van der Waals surface area contributed by atoms with E-state index in [1.165, 1.54) is 17.8 Å². The molecule has 1 unspecified atom stereocenters. The predicted octanol–water partition coefficient (Wildman–Crippen LogP) is 1.37. The molecular weight excluding hydrogens is 250 g/mol. The van der Waals surface area contributed by atoms with E-state index in [2.05, 4.69) is 62.1 Å². The van der Waals surface area contributed by atoms with E-state index in [9.17, 15) is 0 Å². The van der Waals surface area contributed by atoms with Gasteiger partial charge in [-0.05, 0) is 27.4 Å². The van der Waals surface area contributed by atoms with Crippen molar-refractivity contribution >= 4 is 5.82 Å². The SMILES string of the molecule is Cc1nn(C)c(N2CCC(N(C)C)C2)c1CNC(C)C. The smallest absolute Gasteiger partial charge is 0.131 e. The van der Waals surface area contributed by atoms with Crippen LogP contribution < -0.4 is 10.2 Å². The Morgan fingerprint density at radius 1 is 1.40 bits per heavy atom. The summed E-state index contributed by atoms with van der Waals surface area (Å²) in [5.74, 6) is 1.29. The second-order valence-corrected chi connectivity index (χ2v) is 6.40. The molecule has 0 aromatic carbocycles. The van der Waals surface area contributed by atoms with Gasteiger partial charge in [-0.1, -0.05) is 13.8 Å². The summed E-state index contributed by atoms with van der Waals surface area (Å²) in [7, 11) is 6.40. The highest BCUT2D eigenvalue weighted by Crippen LogP contribution is 2.27. The molecule has 0 bridgehead atoms. The van der Waals surface area contributed by atoms with Crippen molar-refractivity contribution in [3.63, 3.8) is 0 Å². The van der Waals surface area contributed by atoms with Crippen LogP contribution in [0.5, 0.6) is 0 Å². The van der Waals surface area contributed by atoms with E-state index in [0.717, 1.165) is 25.3 Å². The lowest BCUT2D eigenvalue weighted by atomic mass is 10.2. The summed E-state index contributed by atoms with van der Waals surface area (Å²) in [6.45, 7) is 9.60. The number of nitrogens with zero attached hydrogens (tertiary/aromatic N) is 4. The lowest BCUT2D eigenvalue weighted by Gasteiger charge is -2.23. The number of aromatic nitrogens is 2. The average Bonchev–Trinajstić information content (AvgIpc) is 2.91. The van der Waals surface area contributed by atoms with Gasteiger partial charge < -0.3 is 15.1 Å². The number of hydrogen-bond acceptors (Lipinski definition) is 4. The molecule has 20 heavy (non-hydrogen) atoms. The Labute approximate surface area is 122 Å². The number of nitrogens with one attached hydrogen (secondary N) is 1. The van der Waals surface area contributed by atoms with Crippen molar-refractivity contribution in [3.05, 3.63) is 11.3 Å². The molecule has 1 fully saturated rings. The van der Waals surface area contributed by atoms with Gasteiger partial charge in [0.15, 0.2) is 0 Å². The van der Waals surface area contributed by atoms with Crippen molar-refractivity contribution in [1.29, 1.82) is 0 Å². The van der Waals surface area contributed by atoms with Gasteiger partial charge in [0.2, 0.25) is 0 Å². The highest BCUT2D eigenvalue weighted by molar-refractivity contribution is 5.51. The first kappa shape index (κ1) is 15.3. The molecule has 2 heterocycles. The van der Waals surface area contributed by atoms with Crippen LogP contribution in [0.3, 0.4) is 0 Å². The molecule has 5 heteroatoms. The molecule has 1 saturated heterocycles. The van der Waals surface area contributed by atoms with Gasteiger partial charge in [-0.2, -0.15) is 5.10 Å². The maximum Gasteiger partial charge on any atom is 0.131 e. The van der Waals surface area contributed by atoms with Crippen LogP contribution in [-0.4, -0.2) is 53.9 Å². The maximum atomic E-state index is 4.62. The molecular formula is C15H29N5. The number of hydrogen-bond donors (Lipinski definition) is 1. The van der Waals surface area contributed by atoms with Crippen molar-refractivity contribution in [1.82, 2.24) is 20.0 Å². The third-order valence-corrected chi connectivity index (χ3v) is 4.19. The molecule has 1 atom stereocenters. The van der Waals surface area contributed by atoms with Crippen molar-refractivity contribution in [2.45, 2.75) is 45.8 Å². The van der Waals surface area contributed by atoms with E-state index in [0.29, 0.717) is 12.1 Å². The van der Waals surface area contributed by atoms with E-state index in [-0.39, 0.29) is 0 Å². The van der Waals surface area contributed by atoms with E-state index < -0.39 is 0 Å². The molecule has 114 valence electrons. The first-order valence-corrected chi connectivity index (χ1v) is 7.57. The summed E-state index contributed by atoms with van der Waals surface area (Å²) < 4.78 is 2.05. The number of likely N-dealkylation sites (N-methyl/N-ethyl adjacent to an activating group) is 1. The van der Waals surface area contributed by atoms with Crippen LogP contribution in [0.1, 0.15) is 31.5 Å². The third kappa shape index (κ3) is 3.15. The fourth-order valence-corrected chi connectivity index (χ4v) is 2.95. The third-order valence-electron chi connectivity index (χ3n) is 4.19. The topological polar surface area (TPSA) is 36.3 Å². The minimum Gasteiger partial charge on any atom is -0.355 e. The Morgan fingerprint density at radius 2 is 2.10 bits per heavy atom. The summed E-state index contributed by atoms with van der Waals surface area (Å²) in [5.41, 5.74) is 2.49. The van der Waals surface area contributed by atoms with E-state index in [1.54, 1.807) is 0 Å². The standard InChI is InChI=1S/C15H29N5/c1-11(2)16-9-14-12(3)17-19(6)15(14)20-8-7-13(10-20)18(4)5/h11,13,16H,7-10H2,1-6H3. The summed E-state index contributed by atoms with van der Waals surface area (Å²) in [6.07, 6.45) is 1.23. The lowest BCUT2D eigenvalue weighted by Crippen LogP contribution is -2.32. The van der Waals surface area contributed by atoms with E-state index in [4.69, 9.17) is 0 Å². The fraction of sp³-hybridized carbons (Fsp3) is 0.800. The second kappa shape index (κ2) is 6.14. The molecule has 1 aromatic heterocycles. The molecule has 0 spiro atoms. The molecule has 0 aliphatic carbocycles. The highest BCUT2D eigenvalue weighted by Gasteiger charge is 2.28. The minimum atomic E-state index is 0.496. The van der Waals surface area contributed by atoms with Gasteiger partial charge in [0.25, 0.3) is 0 Å². The Bertz CT molecular complexity index is 449. The molecule has 0 saturated carbocycles. The first-order valence-electron chi connectivity index (χ1n) is 7.57. The Hall–Kier alpha value is -1.07. The summed E-state index contributed by atoms with van der Waals surface area (Å²) in [4.78, 5) is 4.82. The zero-order valence-corrected chi connectivity index (χ0v) is 13.8. The molecule has 2 rings (SSSR count). The molecule has 5 nitrogen and oxygen atoms in total. The van der Waals surface area contributed by atoms with Crippen LogP contribution in [0.4, 0.5) is 5.82 Å². The maximum absolute atomic E-state index is 4.62. The van der Waals surface area contributed by atoms with E-state index in [1.807, 2.05) is 4.68 Å². The molecule has 0 amide bonds. The Morgan fingerprint density at radius 3 is 2.65 bits per heavy atom. The number of rotatable bonds is 5. The fourth-order valence-electron chi connectivity index (χ4n) is 2.95. The summed E-state index contributed by atoms with van der Waals surface area (Å²) in [5, 5.41) is 8.15. The van der Waals surface area contributed by atoms with Gasteiger partial charge >= 0.3 is 0 Å². The van der Waals surface area contributed by atoms with Crippen molar-refractivity contribution in [3.8, 4) is 0 Å². The van der Waals surface area contributed by atoms with Crippen molar-refractivity contribution in [2.24, 2.45) is 7.05 Å². The van der Waals surface area contributed by atoms with Crippen molar-refractivity contribution < 1.29 is 0 Å². The molecule has 1 aromatic rings. The minimum absolute atomic E-state index is 0.496. The predicted molar refractivity (Wildman–Crippen MR) is 84.2 cm³/mol. The lowest BCUT2D eigenvalue weighted by molar-refractivity contribution is 0.315. The number of anilines is 1. The van der Waals surface area contributed by atoms with Crippen LogP contribution in [-0.2, 0) is 13.6 Å². The van der Waals surface area contributed by atoms with Crippen LogP contribution in [0.15, 0.2) is 0 Å². The average molecular weight is 279 g/mol. The Kier molecular flexibility index (Phi) is 4.70. The molecule has 0 radical (unpaired) electrons. The van der Waals surface area contributed by atoms with Crippen LogP contribution in [0, 0.1) is 6.92 Å². The highest BCUT2D eigenvalue weighted by atomic mass is 15.4. The zero-order valence-electron chi connectivity index (χ0n) is 13.8. The van der Waals surface area contributed by atoms with Crippen LogP contribution in [0.2, 0.25) is 0 Å². The van der Waals surface area contributed by atoms with Gasteiger partial charge in [-0.15, -0.1) is 0 Å².